The summed E-state index contributed by atoms with van der Waals surface area (Å²) in [5, 5.41) is 0. The van der Waals surface area contributed by atoms with Crippen LogP contribution in [0.2, 0.25) is 0 Å². The van der Waals surface area contributed by atoms with E-state index in [-0.39, 0.29) is 17.2 Å². The molecule has 0 saturated carbocycles. The van der Waals surface area contributed by atoms with Gasteiger partial charge in [0.05, 0.1) is 7.11 Å². The second-order valence-electron chi connectivity index (χ2n) is 7.82. The molecule has 1 heterocycles. The van der Waals surface area contributed by atoms with Crippen LogP contribution in [0.4, 0.5) is 0 Å². The van der Waals surface area contributed by atoms with Gasteiger partial charge in [-0.3, -0.25) is 9.59 Å². The van der Waals surface area contributed by atoms with Crippen LogP contribution in [0.1, 0.15) is 48.7 Å². The Morgan fingerprint density at radius 1 is 0.960 bits per heavy atom. The number of carbonyl (C=O) groups excluding carboxylic acids is 2. The number of rotatable bonds is 2. The quantitative estimate of drug-likeness (QED) is 0.827. The van der Waals surface area contributed by atoms with Crippen LogP contribution >= 0.6 is 0 Å². The number of amides is 2. The maximum Gasteiger partial charge on any atom is 0.254 e. The molecule has 0 bridgehead atoms. The SMILES string of the molecule is COc1cc(C)c(C(=O)N2CCCN(C(=O)C(C)(C)C)CC2)cc1C. The van der Waals surface area contributed by atoms with Crippen LogP contribution in [0, 0.1) is 19.3 Å². The van der Waals surface area contributed by atoms with Crippen molar-refractivity contribution in [2.75, 3.05) is 33.3 Å². The number of hydrogen-bond donors (Lipinski definition) is 0. The molecule has 2 amide bonds. The molecule has 1 aliphatic heterocycles. The van der Waals surface area contributed by atoms with E-state index in [1.54, 1.807) is 7.11 Å². The summed E-state index contributed by atoms with van der Waals surface area (Å²) in [7, 11) is 1.64. The molecule has 0 unspecified atom stereocenters. The maximum absolute atomic E-state index is 13.0. The van der Waals surface area contributed by atoms with Crippen LogP contribution in [-0.2, 0) is 4.79 Å². The monoisotopic (exact) mass is 346 g/mol. The Hall–Kier alpha value is -2.04. The van der Waals surface area contributed by atoms with Crippen molar-refractivity contribution >= 4 is 11.8 Å². The molecule has 1 fully saturated rings. The highest BCUT2D eigenvalue weighted by atomic mass is 16.5. The second-order valence-corrected chi connectivity index (χ2v) is 7.82. The minimum atomic E-state index is -0.386. The van der Waals surface area contributed by atoms with Crippen molar-refractivity contribution < 1.29 is 14.3 Å². The van der Waals surface area contributed by atoms with Gasteiger partial charge in [-0.05, 0) is 43.5 Å². The van der Waals surface area contributed by atoms with E-state index in [0.717, 1.165) is 23.3 Å². The summed E-state index contributed by atoms with van der Waals surface area (Å²) in [6, 6.07) is 3.81. The first-order valence-corrected chi connectivity index (χ1v) is 8.89. The number of benzene rings is 1. The van der Waals surface area contributed by atoms with Crippen LogP contribution < -0.4 is 4.74 Å². The van der Waals surface area contributed by atoms with Gasteiger partial charge < -0.3 is 14.5 Å². The summed E-state index contributed by atoms with van der Waals surface area (Å²) in [6.45, 7) is 12.2. The number of nitrogens with zero attached hydrogens (tertiary/aromatic N) is 2. The lowest BCUT2D eigenvalue weighted by atomic mass is 9.94. The van der Waals surface area contributed by atoms with E-state index < -0.39 is 0 Å². The van der Waals surface area contributed by atoms with Gasteiger partial charge in [0.25, 0.3) is 5.91 Å². The summed E-state index contributed by atoms with van der Waals surface area (Å²) in [5.74, 6) is 0.985. The van der Waals surface area contributed by atoms with Gasteiger partial charge in [0.1, 0.15) is 5.75 Å². The lowest BCUT2D eigenvalue weighted by molar-refractivity contribution is -0.139. The predicted octanol–water partition coefficient (Wildman–Crippen LogP) is 3.03. The van der Waals surface area contributed by atoms with Gasteiger partial charge in [-0.15, -0.1) is 0 Å². The van der Waals surface area contributed by atoms with Crippen LogP contribution in [0.15, 0.2) is 12.1 Å². The Labute approximate surface area is 150 Å². The maximum atomic E-state index is 13.0. The first-order valence-electron chi connectivity index (χ1n) is 8.89. The normalized spacial score (nSPS) is 15.8. The zero-order valence-corrected chi connectivity index (χ0v) is 16.3. The fraction of sp³-hybridized carbons (Fsp3) is 0.600. The fourth-order valence-electron chi connectivity index (χ4n) is 3.21. The van der Waals surface area contributed by atoms with Crippen molar-refractivity contribution in [2.45, 2.75) is 41.0 Å². The molecule has 0 radical (unpaired) electrons. The highest BCUT2D eigenvalue weighted by Crippen LogP contribution is 2.24. The van der Waals surface area contributed by atoms with Gasteiger partial charge in [0.15, 0.2) is 0 Å². The fourth-order valence-corrected chi connectivity index (χ4v) is 3.21. The summed E-state index contributed by atoms with van der Waals surface area (Å²) in [5.41, 5.74) is 2.20. The Bertz CT molecular complexity index is 662. The second kappa shape index (κ2) is 7.46. The van der Waals surface area contributed by atoms with Gasteiger partial charge in [-0.25, -0.2) is 0 Å². The largest absolute Gasteiger partial charge is 0.496 e. The third-order valence-electron chi connectivity index (χ3n) is 4.68. The minimum Gasteiger partial charge on any atom is -0.496 e. The van der Waals surface area contributed by atoms with Gasteiger partial charge in [0, 0.05) is 37.2 Å². The zero-order valence-electron chi connectivity index (χ0n) is 16.3. The first-order chi connectivity index (χ1) is 11.6. The lowest BCUT2D eigenvalue weighted by Gasteiger charge is -2.28. The van der Waals surface area contributed by atoms with Crippen molar-refractivity contribution in [1.82, 2.24) is 9.80 Å². The van der Waals surface area contributed by atoms with Crippen LogP contribution in [0.3, 0.4) is 0 Å². The average Bonchev–Trinajstić information content (AvgIpc) is 2.80. The Morgan fingerprint density at radius 3 is 2.16 bits per heavy atom. The molecule has 2 rings (SSSR count). The Kier molecular flexibility index (Phi) is 5.76. The first kappa shape index (κ1) is 19.3. The average molecular weight is 346 g/mol. The standard InChI is InChI=1S/C20H30N2O3/c1-14-13-17(25-6)15(2)12-16(14)18(23)21-8-7-9-22(11-10-21)19(24)20(3,4)5/h12-13H,7-11H2,1-6H3. The summed E-state index contributed by atoms with van der Waals surface area (Å²) < 4.78 is 5.33. The minimum absolute atomic E-state index is 0.0355. The molecular weight excluding hydrogens is 316 g/mol. The third kappa shape index (κ3) is 4.33. The van der Waals surface area contributed by atoms with Crippen molar-refractivity contribution in [3.63, 3.8) is 0 Å². The Balaban J connectivity index is 2.14. The van der Waals surface area contributed by atoms with Gasteiger partial charge in [-0.2, -0.15) is 0 Å². The number of aryl methyl sites for hydroxylation is 2. The van der Waals surface area contributed by atoms with E-state index in [0.29, 0.717) is 31.7 Å². The lowest BCUT2D eigenvalue weighted by Crippen LogP contribution is -2.42. The molecular formula is C20H30N2O3. The van der Waals surface area contributed by atoms with Crippen LogP contribution in [0.25, 0.3) is 0 Å². The molecule has 0 aromatic heterocycles. The summed E-state index contributed by atoms with van der Waals surface area (Å²) >= 11 is 0. The van der Waals surface area contributed by atoms with E-state index in [4.69, 9.17) is 4.74 Å². The molecule has 1 saturated heterocycles. The smallest absolute Gasteiger partial charge is 0.254 e. The molecule has 5 nitrogen and oxygen atoms in total. The molecule has 1 aromatic rings. The van der Waals surface area contributed by atoms with E-state index >= 15 is 0 Å². The molecule has 1 aromatic carbocycles. The van der Waals surface area contributed by atoms with Gasteiger partial charge >= 0.3 is 0 Å². The van der Waals surface area contributed by atoms with Crippen molar-refractivity contribution in [3.05, 3.63) is 28.8 Å². The molecule has 138 valence electrons. The van der Waals surface area contributed by atoms with Gasteiger partial charge in [0.2, 0.25) is 5.91 Å². The molecule has 1 aliphatic rings. The highest BCUT2D eigenvalue weighted by molar-refractivity contribution is 5.96. The van der Waals surface area contributed by atoms with Gasteiger partial charge in [-0.1, -0.05) is 20.8 Å². The van der Waals surface area contributed by atoms with E-state index in [1.165, 1.54) is 0 Å². The number of hydrogen-bond acceptors (Lipinski definition) is 3. The van der Waals surface area contributed by atoms with Crippen molar-refractivity contribution in [3.8, 4) is 5.75 Å². The van der Waals surface area contributed by atoms with Crippen LogP contribution in [0.5, 0.6) is 5.75 Å². The number of ether oxygens (including phenoxy) is 1. The zero-order chi connectivity index (χ0) is 18.8. The predicted molar refractivity (Wildman–Crippen MR) is 99.0 cm³/mol. The topological polar surface area (TPSA) is 49.9 Å². The van der Waals surface area contributed by atoms with E-state index in [9.17, 15) is 9.59 Å². The summed E-state index contributed by atoms with van der Waals surface area (Å²) in [4.78, 5) is 29.2. The number of carbonyl (C=O) groups is 2. The summed E-state index contributed by atoms with van der Waals surface area (Å²) in [6.07, 6.45) is 0.807. The van der Waals surface area contributed by atoms with E-state index in [2.05, 4.69) is 0 Å². The molecule has 0 spiro atoms. The molecule has 0 atom stereocenters. The Morgan fingerprint density at radius 2 is 1.56 bits per heavy atom. The molecule has 5 heteroatoms. The third-order valence-corrected chi connectivity index (χ3v) is 4.68. The van der Waals surface area contributed by atoms with Crippen molar-refractivity contribution in [2.24, 2.45) is 5.41 Å². The van der Waals surface area contributed by atoms with Crippen LogP contribution in [-0.4, -0.2) is 54.9 Å². The highest BCUT2D eigenvalue weighted by Gasteiger charge is 2.30. The van der Waals surface area contributed by atoms with E-state index in [1.807, 2.05) is 56.6 Å². The van der Waals surface area contributed by atoms with Crippen molar-refractivity contribution in [1.29, 1.82) is 0 Å². The molecule has 0 N–H and O–H groups in total. The molecule has 0 aliphatic carbocycles. The number of methoxy groups -OCH3 is 1. The molecule has 25 heavy (non-hydrogen) atoms.